The summed E-state index contributed by atoms with van der Waals surface area (Å²) in [4.78, 5) is 0. The van der Waals surface area contributed by atoms with Gasteiger partial charge in [0.05, 0.1) is 0 Å². The Kier molecular flexibility index (Phi) is 5.09. The lowest BCUT2D eigenvalue weighted by Crippen LogP contribution is -2.26. The molecule has 2 aliphatic rings. The van der Waals surface area contributed by atoms with Gasteiger partial charge in [0.2, 0.25) is 0 Å². The van der Waals surface area contributed by atoms with Crippen molar-refractivity contribution in [3.8, 4) is 0 Å². The van der Waals surface area contributed by atoms with Crippen molar-refractivity contribution in [3.05, 3.63) is 12.7 Å². The number of hydrogen-bond acceptors (Lipinski definition) is 1. The number of ether oxygens (including phenoxy) is 1. The lowest BCUT2D eigenvalue weighted by molar-refractivity contribution is 0.0957. The molecule has 0 aliphatic heterocycles. The summed E-state index contributed by atoms with van der Waals surface area (Å²) in [5, 5.41) is 0. The molecule has 98 valence electrons. The van der Waals surface area contributed by atoms with Crippen LogP contribution in [0.4, 0.5) is 0 Å². The topological polar surface area (TPSA) is 9.23 Å². The van der Waals surface area contributed by atoms with Crippen LogP contribution < -0.4 is 0 Å². The van der Waals surface area contributed by atoms with Crippen LogP contribution in [0.15, 0.2) is 12.7 Å². The van der Waals surface area contributed by atoms with Crippen LogP contribution in [0.1, 0.15) is 51.4 Å². The Morgan fingerprint density at radius 2 is 1.47 bits per heavy atom. The molecule has 2 saturated carbocycles. The maximum Gasteiger partial charge on any atom is 0.0490 e. The molecule has 0 aromatic rings. The zero-order chi connectivity index (χ0) is 12.1. The first-order valence-electron chi connectivity index (χ1n) is 7.45. The standard InChI is InChI=1S/C16H28O/c1-3-13-4-8-15(9-5-13)16-10-6-14(7-11-16)12-17-2/h3,13-16H,1,4-12H2,2H3/t13-,14-,15-,16-. The molecule has 0 spiro atoms. The highest BCUT2D eigenvalue weighted by atomic mass is 16.5. The average Bonchev–Trinajstić information content (AvgIpc) is 2.40. The summed E-state index contributed by atoms with van der Waals surface area (Å²) < 4.78 is 5.28. The van der Waals surface area contributed by atoms with E-state index in [0.717, 1.165) is 30.3 Å². The molecule has 0 amide bonds. The van der Waals surface area contributed by atoms with Crippen LogP contribution in [0.5, 0.6) is 0 Å². The van der Waals surface area contributed by atoms with Crippen molar-refractivity contribution in [3.63, 3.8) is 0 Å². The fraction of sp³-hybridized carbons (Fsp3) is 0.875. The van der Waals surface area contributed by atoms with Gasteiger partial charge in [-0.25, -0.2) is 0 Å². The molecule has 0 N–H and O–H groups in total. The maximum absolute atomic E-state index is 5.28. The average molecular weight is 236 g/mol. The molecule has 1 nitrogen and oxygen atoms in total. The quantitative estimate of drug-likeness (QED) is 0.656. The van der Waals surface area contributed by atoms with E-state index < -0.39 is 0 Å². The van der Waals surface area contributed by atoms with Crippen LogP contribution in [0.2, 0.25) is 0 Å². The first-order valence-corrected chi connectivity index (χ1v) is 7.45. The molecular formula is C16H28O. The summed E-state index contributed by atoms with van der Waals surface area (Å²) in [5.74, 6) is 3.71. The second-order valence-corrected chi connectivity index (χ2v) is 6.15. The first-order chi connectivity index (χ1) is 8.33. The molecule has 0 bridgehead atoms. The summed E-state index contributed by atoms with van der Waals surface area (Å²) in [6, 6.07) is 0. The SMILES string of the molecule is C=C[C@H]1CC[C@H]([C@H]2CC[C@H](COC)CC2)CC1. The van der Waals surface area contributed by atoms with Crippen molar-refractivity contribution in [1.82, 2.24) is 0 Å². The molecule has 0 radical (unpaired) electrons. The molecule has 17 heavy (non-hydrogen) atoms. The monoisotopic (exact) mass is 236 g/mol. The second kappa shape index (κ2) is 6.58. The number of methoxy groups -OCH3 is 1. The minimum absolute atomic E-state index is 0.816. The van der Waals surface area contributed by atoms with E-state index in [1.807, 2.05) is 7.11 Å². The van der Waals surface area contributed by atoms with Crippen molar-refractivity contribution in [2.45, 2.75) is 51.4 Å². The van der Waals surface area contributed by atoms with Gasteiger partial charge < -0.3 is 4.74 Å². The maximum atomic E-state index is 5.28. The third-order valence-electron chi connectivity index (χ3n) is 5.11. The fourth-order valence-corrected chi connectivity index (χ4v) is 3.91. The van der Waals surface area contributed by atoms with Gasteiger partial charge in [-0.05, 0) is 75.0 Å². The normalized spacial score (nSPS) is 38.9. The van der Waals surface area contributed by atoms with Gasteiger partial charge in [-0.15, -0.1) is 6.58 Å². The van der Waals surface area contributed by atoms with Crippen molar-refractivity contribution in [2.24, 2.45) is 23.7 Å². The summed E-state index contributed by atoms with van der Waals surface area (Å²) in [7, 11) is 1.84. The predicted molar refractivity (Wildman–Crippen MR) is 73.0 cm³/mol. The molecule has 2 fully saturated rings. The van der Waals surface area contributed by atoms with Gasteiger partial charge in [-0.2, -0.15) is 0 Å². The van der Waals surface area contributed by atoms with Crippen LogP contribution in [-0.4, -0.2) is 13.7 Å². The van der Waals surface area contributed by atoms with E-state index in [2.05, 4.69) is 12.7 Å². The Labute approximate surface area is 107 Å². The van der Waals surface area contributed by atoms with Gasteiger partial charge in [-0.3, -0.25) is 0 Å². The number of allylic oxidation sites excluding steroid dienone is 1. The fourth-order valence-electron chi connectivity index (χ4n) is 3.91. The largest absolute Gasteiger partial charge is 0.384 e. The van der Waals surface area contributed by atoms with Crippen LogP contribution in [0.25, 0.3) is 0 Å². The lowest BCUT2D eigenvalue weighted by atomic mass is 9.69. The van der Waals surface area contributed by atoms with Crippen molar-refractivity contribution in [2.75, 3.05) is 13.7 Å². The van der Waals surface area contributed by atoms with Gasteiger partial charge >= 0.3 is 0 Å². The predicted octanol–water partition coefficient (Wildman–Crippen LogP) is 4.43. The molecule has 2 aliphatic carbocycles. The second-order valence-electron chi connectivity index (χ2n) is 6.15. The third-order valence-corrected chi connectivity index (χ3v) is 5.11. The van der Waals surface area contributed by atoms with E-state index in [4.69, 9.17) is 4.74 Å². The Morgan fingerprint density at radius 1 is 0.941 bits per heavy atom. The van der Waals surface area contributed by atoms with Crippen molar-refractivity contribution in [1.29, 1.82) is 0 Å². The lowest BCUT2D eigenvalue weighted by Gasteiger charge is -2.37. The van der Waals surface area contributed by atoms with E-state index in [1.54, 1.807) is 0 Å². The smallest absolute Gasteiger partial charge is 0.0490 e. The van der Waals surface area contributed by atoms with Crippen molar-refractivity contribution >= 4 is 0 Å². The van der Waals surface area contributed by atoms with Crippen LogP contribution in [0, 0.1) is 23.7 Å². The minimum atomic E-state index is 0.816. The summed E-state index contributed by atoms with van der Waals surface area (Å²) in [6.07, 6.45) is 13.6. The van der Waals surface area contributed by atoms with Crippen LogP contribution in [0.3, 0.4) is 0 Å². The highest BCUT2D eigenvalue weighted by Crippen LogP contribution is 2.41. The zero-order valence-electron chi connectivity index (χ0n) is 11.4. The minimum Gasteiger partial charge on any atom is -0.384 e. The van der Waals surface area contributed by atoms with Crippen LogP contribution >= 0.6 is 0 Å². The Balaban J connectivity index is 1.72. The van der Waals surface area contributed by atoms with Crippen LogP contribution in [-0.2, 0) is 4.74 Å². The van der Waals surface area contributed by atoms with Crippen molar-refractivity contribution < 1.29 is 4.74 Å². The van der Waals surface area contributed by atoms with Gasteiger partial charge in [0.1, 0.15) is 0 Å². The summed E-state index contributed by atoms with van der Waals surface area (Å²) >= 11 is 0. The van der Waals surface area contributed by atoms with E-state index in [-0.39, 0.29) is 0 Å². The van der Waals surface area contributed by atoms with E-state index >= 15 is 0 Å². The first kappa shape index (κ1) is 13.1. The Bertz CT molecular complexity index is 220. The Hall–Kier alpha value is -0.300. The highest BCUT2D eigenvalue weighted by Gasteiger charge is 2.30. The van der Waals surface area contributed by atoms with Gasteiger partial charge in [0.25, 0.3) is 0 Å². The number of rotatable bonds is 4. The summed E-state index contributed by atoms with van der Waals surface area (Å²) in [6.45, 7) is 4.92. The molecule has 0 aromatic carbocycles. The molecule has 0 atom stereocenters. The van der Waals surface area contributed by atoms with Gasteiger partial charge in [0.15, 0.2) is 0 Å². The zero-order valence-corrected chi connectivity index (χ0v) is 11.4. The molecule has 0 heterocycles. The van der Waals surface area contributed by atoms with E-state index in [1.165, 1.54) is 51.4 Å². The molecule has 0 unspecified atom stereocenters. The molecular weight excluding hydrogens is 208 g/mol. The van der Waals surface area contributed by atoms with E-state index in [0.29, 0.717) is 0 Å². The number of hydrogen-bond donors (Lipinski definition) is 0. The van der Waals surface area contributed by atoms with Gasteiger partial charge in [-0.1, -0.05) is 6.08 Å². The van der Waals surface area contributed by atoms with Gasteiger partial charge in [0, 0.05) is 13.7 Å². The highest BCUT2D eigenvalue weighted by molar-refractivity contribution is 4.87. The molecule has 0 aromatic heterocycles. The molecule has 1 heteroatoms. The molecule has 2 rings (SSSR count). The Morgan fingerprint density at radius 3 is 1.94 bits per heavy atom. The molecule has 0 saturated heterocycles. The third kappa shape index (κ3) is 3.58. The van der Waals surface area contributed by atoms with E-state index in [9.17, 15) is 0 Å². The summed E-state index contributed by atoms with van der Waals surface area (Å²) in [5.41, 5.74) is 0.